The number of hydrogen-bond acceptors (Lipinski definition) is 1. The van der Waals surface area contributed by atoms with Crippen molar-refractivity contribution >= 4 is 118 Å². The fourth-order valence-corrected chi connectivity index (χ4v) is 11.5. The van der Waals surface area contributed by atoms with Crippen molar-refractivity contribution in [2.75, 3.05) is 0 Å². The third-order valence-electron chi connectivity index (χ3n) is 12.7. The number of aromatic nitrogens is 3. The monoisotopic (exact) mass is 753 g/mol. The molecule has 4 heteroatoms. The van der Waals surface area contributed by atoms with Crippen LogP contribution in [0.25, 0.3) is 124 Å². The van der Waals surface area contributed by atoms with Crippen LogP contribution in [0.4, 0.5) is 0 Å². The van der Waals surface area contributed by atoms with Crippen LogP contribution in [0.1, 0.15) is 0 Å². The van der Waals surface area contributed by atoms with Crippen molar-refractivity contribution in [1.29, 1.82) is 0 Å². The third kappa shape index (κ3) is 3.92. The molecule has 4 heterocycles. The second-order valence-electron chi connectivity index (χ2n) is 15.7. The molecular formula is C54H31N3S. The highest BCUT2D eigenvalue weighted by molar-refractivity contribution is 7.26. The molecule has 0 radical (unpaired) electrons. The van der Waals surface area contributed by atoms with E-state index in [9.17, 15) is 0 Å². The number of para-hydroxylation sites is 4. The second kappa shape index (κ2) is 11.1. The molecule has 4 aromatic heterocycles. The van der Waals surface area contributed by atoms with Crippen molar-refractivity contribution in [2.24, 2.45) is 0 Å². The average molecular weight is 754 g/mol. The van der Waals surface area contributed by atoms with E-state index >= 15 is 0 Å². The Morgan fingerprint density at radius 1 is 0.293 bits per heavy atom. The maximum atomic E-state index is 2.61. The highest BCUT2D eigenvalue weighted by Gasteiger charge is 2.27. The smallest absolute Gasteiger partial charge is 0.0795 e. The van der Waals surface area contributed by atoms with E-state index in [0.717, 1.165) is 5.69 Å². The van der Waals surface area contributed by atoms with Gasteiger partial charge in [0.25, 0.3) is 0 Å². The van der Waals surface area contributed by atoms with Crippen LogP contribution in [0.3, 0.4) is 0 Å². The second-order valence-corrected chi connectivity index (χ2v) is 16.7. The molecule has 14 aromatic rings. The molecule has 0 aliphatic rings. The van der Waals surface area contributed by atoms with Crippen LogP contribution in [0, 0.1) is 0 Å². The summed E-state index contributed by atoms with van der Waals surface area (Å²) in [5.41, 5.74) is 10.9. The first kappa shape index (κ1) is 30.8. The number of fused-ring (bicyclic) bond motifs is 12. The van der Waals surface area contributed by atoms with Crippen molar-refractivity contribution in [3.05, 3.63) is 188 Å². The minimum Gasteiger partial charge on any atom is -0.309 e. The third-order valence-corrected chi connectivity index (χ3v) is 13.9. The van der Waals surface area contributed by atoms with Crippen molar-refractivity contribution in [2.45, 2.75) is 0 Å². The standard InChI is InChI=1S/C54H31N3S/c1-2-14-36(15-3-1)56-47-21-11-8-18-41(47)43-29-34-22-23-35-30-44-42-31-38(55-45-19-9-6-16-39(45)40-17-7-10-20-46(40)55)26-27-48(42)58-54(44)53-50(35)49(34)52(51(43)56)57(53)37-25-24-32-12-4-5-13-33(32)28-37/h1-31H. The molecule has 0 fully saturated rings. The summed E-state index contributed by atoms with van der Waals surface area (Å²) in [5.74, 6) is 0. The Labute approximate surface area is 335 Å². The summed E-state index contributed by atoms with van der Waals surface area (Å²) >= 11 is 1.92. The summed E-state index contributed by atoms with van der Waals surface area (Å²) in [5, 5.41) is 15.3. The molecule has 10 aromatic carbocycles. The fraction of sp³-hybridized carbons (Fsp3) is 0. The number of benzene rings is 10. The van der Waals surface area contributed by atoms with E-state index in [1.807, 2.05) is 11.3 Å². The van der Waals surface area contributed by atoms with Crippen molar-refractivity contribution in [1.82, 2.24) is 13.7 Å². The van der Waals surface area contributed by atoms with Gasteiger partial charge in [-0.3, -0.25) is 0 Å². The Morgan fingerprint density at radius 3 is 1.59 bits per heavy atom. The number of thiophene rings is 1. The van der Waals surface area contributed by atoms with E-state index in [-0.39, 0.29) is 0 Å². The van der Waals surface area contributed by atoms with Gasteiger partial charge in [0.05, 0.1) is 37.8 Å². The van der Waals surface area contributed by atoms with E-state index in [1.54, 1.807) is 0 Å². The van der Waals surface area contributed by atoms with E-state index in [2.05, 4.69) is 202 Å². The first-order valence-corrected chi connectivity index (χ1v) is 20.7. The van der Waals surface area contributed by atoms with Gasteiger partial charge in [0, 0.05) is 64.9 Å². The molecule has 3 nitrogen and oxygen atoms in total. The molecule has 268 valence electrons. The number of rotatable bonds is 3. The lowest BCUT2D eigenvalue weighted by Crippen LogP contribution is -1.99. The minimum atomic E-state index is 1.16. The molecule has 0 spiro atoms. The van der Waals surface area contributed by atoms with E-state index in [0.29, 0.717) is 0 Å². The zero-order chi connectivity index (χ0) is 37.6. The van der Waals surface area contributed by atoms with Crippen LogP contribution in [0.15, 0.2) is 188 Å². The Hall–Kier alpha value is -7.40. The van der Waals surface area contributed by atoms with E-state index in [4.69, 9.17) is 0 Å². The zero-order valence-corrected chi connectivity index (χ0v) is 32.0. The molecule has 0 bridgehead atoms. The van der Waals surface area contributed by atoms with Gasteiger partial charge in [-0.2, -0.15) is 0 Å². The van der Waals surface area contributed by atoms with Gasteiger partial charge >= 0.3 is 0 Å². The van der Waals surface area contributed by atoms with Crippen LogP contribution in [-0.2, 0) is 0 Å². The molecule has 0 amide bonds. The predicted octanol–water partition coefficient (Wildman–Crippen LogP) is 15.1. The molecule has 0 saturated heterocycles. The maximum Gasteiger partial charge on any atom is 0.0795 e. The Morgan fingerprint density at radius 2 is 0.845 bits per heavy atom. The van der Waals surface area contributed by atoms with Crippen LogP contribution < -0.4 is 0 Å². The van der Waals surface area contributed by atoms with Crippen LogP contribution in [0.2, 0.25) is 0 Å². The quantitative estimate of drug-likeness (QED) is 0.160. The molecule has 0 atom stereocenters. The largest absolute Gasteiger partial charge is 0.309 e. The Kier molecular flexibility index (Phi) is 5.91. The van der Waals surface area contributed by atoms with E-state index < -0.39 is 0 Å². The fourth-order valence-electron chi connectivity index (χ4n) is 10.3. The lowest BCUT2D eigenvalue weighted by Gasteiger charge is -2.13. The molecule has 58 heavy (non-hydrogen) atoms. The summed E-state index contributed by atoms with van der Waals surface area (Å²) in [6, 6.07) is 69.8. The first-order valence-electron chi connectivity index (χ1n) is 19.9. The van der Waals surface area contributed by atoms with Crippen LogP contribution in [-0.4, -0.2) is 13.7 Å². The summed E-state index contributed by atoms with van der Waals surface area (Å²) in [6.45, 7) is 0. The molecule has 0 saturated carbocycles. The Balaban J connectivity index is 1.18. The van der Waals surface area contributed by atoms with Gasteiger partial charge in [-0.1, -0.05) is 115 Å². The molecule has 0 N–H and O–H groups in total. The van der Waals surface area contributed by atoms with E-state index in [1.165, 1.54) is 119 Å². The summed E-state index contributed by atoms with van der Waals surface area (Å²) in [7, 11) is 0. The highest BCUT2D eigenvalue weighted by atomic mass is 32.1. The normalized spacial score (nSPS) is 12.5. The zero-order valence-electron chi connectivity index (χ0n) is 31.1. The van der Waals surface area contributed by atoms with Gasteiger partial charge in [-0.05, 0) is 94.3 Å². The average Bonchev–Trinajstić information content (AvgIpc) is 4.02. The molecular weight excluding hydrogens is 723 g/mol. The Bertz CT molecular complexity index is 3970. The van der Waals surface area contributed by atoms with Crippen molar-refractivity contribution < 1.29 is 0 Å². The summed E-state index contributed by atoms with van der Waals surface area (Å²) in [4.78, 5) is 0. The minimum absolute atomic E-state index is 1.16. The lowest BCUT2D eigenvalue weighted by atomic mass is 9.98. The van der Waals surface area contributed by atoms with Gasteiger partial charge in [0.15, 0.2) is 0 Å². The van der Waals surface area contributed by atoms with Crippen molar-refractivity contribution in [3.8, 4) is 17.1 Å². The number of nitrogens with zero attached hydrogens (tertiary/aromatic N) is 3. The summed E-state index contributed by atoms with van der Waals surface area (Å²) in [6.07, 6.45) is 0. The molecule has 14 rings (SSSR count). The van der Waals surface area contributed by atoms with Crippen molar-refractivity contribution in [3.63, 3.8) is 0 Å². The topological polar surface area (TPSA) is 14.8 Å². The highest BCUT2D eigenvalue weighted by Crippen LogP contribution is 2.50. The SMILES string of the molecule is c1ccc(-n2c3ccccc3c3cc4ccc5cc6c7cc(-n8c9ccccc9c9ccccc98)ccc7sc6c6c5c4c(c32)n6-c2ccc3ccccc3c2)cc1. The van der Waals surface area contributed by atoms with Crippen LogP contribution in [0.5, 0.6) is 0 Å². The predicted molar refractivity (Wildman–Crippen MR) is 249 cm³/mol. The molecule has 0 aliphatic heterocycles. The van der Waals surface area contributed by atoms with Gasteiger partial charge in [-0.25, -0.2) is 0 Å². The van der Waals surface area contributed by atoms with Crippen LogP contribution >= 0.6 is 11.3 Å². The van der Waals surface area contributed by atoms with Gasteiger partial charge in [0.2, 0.25) is 0 Å². The lowest BCUT2D eigenvalue weighted by molar-refractivity contribution is 1.15. The molecule has 0 unspecified atom stereocenters. The number of hydrogen-bond donors (Lipinski definition) is 0. The van der Waals surface area contributed by atoms with Gasteiger partial charge in [0.1, 0.15) is 0 Å². The molecule has 0 aliphatic carbocycles. The van der Waals surface area contributed by atoms with Gasteiger partial charge in [-0.15, -0.1) is 11.3 Å². The maximum absolute atomic E-state index is 2.61. The summed E-state index contributed by atoms with van der Waals surface area (Å²) < 4.78 is 10.2. The van der Waals surface area contributed by atoms with Gasteiger partial charge < -0.3 is 13.7 Å². The first-order chi connectivity index (χ1) is 28.8.